The molecule has 0 aromatic carbocycles. The van der Waals surface area contributed by atoms with Gasteiger partial charge in [-0.1, -0.05) is 0 Å². The van der Waals surface area contributed by atoms with Crippen molar-refractivity contribution in [3.63, 3.8) is 0 Å². The number of hydrogen-bond acceptors (Lipinski definition) is 6. The molecule has 0 fully saturated rings. The fraction of sp³-hybridized carbons (Fsp3) is 0.222. The number of carboxylic acid groups (broad SMARTS) is 1. The van der Waals surface area contributed by atoms with Crippen LogP contribution in [0, 0.1) is 0 Å². The standard InChI is InChI=1S/C9H9N3O2S2/c13-9(14)8-12-6(4-15-8)1-10-2-7-3-11-5-16-7/h3-5,10H,1-2H2,(H,13,14). The molecule has 0 saturated carbocycles. The molecule has 0 aliphatic rings. The van der Waals surface area contributed by atoms with Crippen LogP contribution in [-0.2, 0) is 13.1 Å². The minimum atomic E-state index is -0.973. The quantitative estimate of drug-likeness (QED) is 0.848. The molecule has 2 aromatic rings. The van der Waals surface area contributed by atoms with Crippen LogP contribution in [-0.4, -0.2) is 21.0 Å². The van der Waals surface area contributed by atoms with Crippen molar-refractivity contribution in [2.75, 3.05) is 0 Å². The summed E-state index contributed by atoms with van der Waals surface area (Å²) >= 11 is 2.73. The first kappa shape index (κ1) is 11.2. The van der Waals surface area contributed by atoms with Gasteiger partial charge in [-0.2, -0.15) is 0 Å². The minimum Gasteiger partial charge on any atom is -0.476 e. The van der Waals surface area contributed by atoms with Crippen molar-refractivity contribution in [1.82, 2.24) is 15.3 Å². The Kier molecular flexibility index (Phi) is 3.60. The highest BCUT2D eigenvalue weighted by molar-refractivity contribution is 7.11. The maximum atomic E-state index is 10.6. The van der Waals surface area contributed by atoms with Gasteiger partial charge in [0.15, 0.2) is 0 Å². The van der Waals surface area contributed by atoms with E-state index in [1.165, 1.54) is 0 Å². The third kappa shape index (κ3) is 2.84. The second-order valence-electron chi connectivity index (χ2n) is 3.02. The summed E-state index contributed by atoms with van der Waals surface area (Å²) in [7, 11) is 0. The van der Waals surface area contributed by atoms with Crippen LogP contribution < -0.4 is 5.32 Å². The van der Waals surface area contributed by atoms with Crippen LogP contribution in [0.4, 0.5) is 0 Å². The van der Waals surface area contributed by atoms with E-state index in [2.05, 4.69) is 15.3 Å². The molecule has 0 aliphatic heterocycles. The number of nitrogens with zero attached hydrogens (tertiary/aromatic N) is 2. The van der Waals surface area contributed by atoms with Gasteiger partial charge in [-0.3, -0.25) is 4.98 Å². The predicted octanol–water partition coefficient (Wildman–Crippen LogP) is 1.59. The average molecular weight is 255 g/mol. The summed E-state index contributed by atoms with van der Waals surface area (Å²) < 4.78 is 0. The van der Waals surface area contributed by atoms with Crippen LogP contribution in [0.1, 0.15) is 20.4 Å². The molecule has 0 bridgehead atoms. The molecule has 7 heteroatoms. The molecule has 0 unspecified atom stereocenters. The maximum Gasteiger partial charge on any atom is 0.365 e. The lowest BCUT2D eigenvalue weighted by Crippen LogP contribution is -2.12. The molecule has 0 radical (unpaired) electrons. The van der Waals surface area contributed by atoms with E-state index in [9.17, 15) is 4.79 Å². The fourth-order valence-corrected chi connectivity index (χ4v) is 2.35. The number of aromatic nitrogens is 2. The van der Waals surface area contributed by atoms with Crippen molar-refractivity contribution in [1.29, 1.82) is 0 Å². The summed E-state index contributed by atoms with van der Waals surface area (Å²) in [6.45, 7) is 1.30. The first-order valence-electron chi connectivity index (χ1n) is 4.51. The first-order valence-corrected chi connectivity index (χ1v) is 6.27. The van der Waals surface area contributed by atoms with Gasteiger partial charge >= 0.3 is 5.97 Å². The molecule has 0 amide bonds. The van der Waals surface area contributed by atoms with E-state index in [1.807, 2.05) is 0 Å². The van der Waals surface area contributed by atoms with Crippen LogP contribution >= 0.6 is 22.7 Å². The van der Waals surface area contributed by atoms with Crippen molar-refractivity contribution in [3.05, 3.63) is 32.7 Å². The summed E-state index contributed by atoms with van der Waals surface area (Å²) in [5.74, 6) is -0.973. The number of aromatic carboxylic acids is 1. The number of thiazole rings is 2. The molecule has 0 spiro atoms. The third-order valence-electron chi connectivity index (χ3n) is 1.82. The normalized spacial score (nSPS) is 10.5. The van der Waals surface area contributed by atoms with Crippen molar-refractivity contribution in [3.8, 4) is 0 Å². The van der Waals surface area contributed by atoms with E-state index in [-0.39, 0.29) is 5.01 Å². The Morgan fingerprint density at radius 3 is 2.94 bits per heavy atom. The third-order valence-corrected chi connectivity index (χ3v) is 3.48. The monoisotopic (exact) mass is 255 g/mol. The maximum absolute atomic E-state index is 10.6. The topological polar surface area (TPSA) is 75.1 Å². The summed E-state index contributed by atoms with van der Waals surface area (Å²) in [6, 6.07) is 0. The number of carboxylic acids is 1. The van der Waals surface area contributed by atoms with Gasteiger partial charge in [0.25, 0.3) is 0 Å². The van der Waals surface area contributed by atoms with Crippen LogP contribution in [0.2, 0.25) is 0 Å². The first-order chi connectivity index (χ1) is 7.75. The van der Waals surface area contributed by atoms with E-state index in [0.717, 1.165) is 28.5 Å². The van der Waals surface area contributed by atoms with Crippen LogP contribution in [0.5, 0.6) is 0 Å². The highest BCUT2D eigenvalue weighted by Crippen LogP contribution is 2.10. The van der Waals surface area contributed by atoms with Gasteiger partial charge in [0, 0.05) is 29.5 Å². The minimum absolute atomic E-state index is 0.134. The summed E-state index contributed by atoms with van der Waals surface area (Å²) in [5.41, 5.74) is 2.54. The smallest absolute Gasteiger partial charge is 0.365 e. The van der Waals surface area contributed by atoms with E-state index in [1.54, 1.807) is 28.4 Å². The predicted molar refractivity (Wildman–Crippen MR) is 61.7 cm³/mol. The zero-order valence-electron chi connectivity index (χ0n) is 8.21. The van der Waals surface area contributed by atoms with Gasteiger partial charge in [-0.25, -0.2) is 9.78 Å². The number of hydrogen-bond donors (Lipinski definition) is 2. The van der Waals surface area contributed by atoms with E-state index in [0.29, 0.717) is 6.54 Å². The molecular weight excluding hydrogens is 246 g/mol. The SMILES string of the molecule is O=C(O)c1nc(CNCc2cncs2)cs1. The summed E-state index contributed by atoms with van der Waals surface area (Å²) in [5, 5.41) is 13.8. The van der Waals surface area contributed by atoms with Crippen molar-refractivity contribution in [2.24, 2.45) is 0 Å². The van der Waals surface area contributed by atoms with Crippen LogP contribution in [0.25, 0.3) is 0 Å². The van der Waals surface area contributed by atoms with E-state index >= 15 is 0 Å². The molecule has 2 aromatic heterocycles. The van der Waals surface area contributed by atoms with E-state index < -0.39 is 5.97 Å². The molecule has 2 N–H and O–H groups in total. The molecule has 0 saturated heterocycles. The number of nitrogens with one attached hydrogen (secondary N) is 1. The molecule has 5 nitrogen and oxygen atoms in total. The van der Waals surface area contributed by atoms with Crippen molar-refractivity contribution in [2.45, 2.75) is 13.1 Å². The molecule has 0 aliphatic carbocycles. The Balaban J connectivity index is 1.83. The second kappa shape index (κ2) is 5.15. The summed E-state index contributed by atoms with van der Waals surface area (Å²) in [4.78, 5) is 19.7. The van der Waals surface area contributed by atoms with Gasteiger partial charge in [-0.15, -0.1) is 22.7 Å². The Labute approximate surface area is 99.8 Å². The average Bonchev–Trinajstić information content (AvgIpc) is 2.87. The molecule has 16 heavy (non-hydrogen) atoms. The largest absolute Gasteiger partial charge is 0.476 e. The Morgan fingerprint density at radius 2 is 2.31 bits per heavy atom. The molecule has 0 atom stereocenters. The van der Waals surface area contributed by atoms with Crippen molar-refractivity contribution < 1.29 is 9.90 Å². The summed E-state index contributed by atoms with van der Waals surface area (Å²) in [6.07, 6.45) is 1.81. The highest BCUT2D eigenvalue weighted by atomic mass is 32.1. The fourth-order valence-electron chi connectivity index (χ4n) is 1.13. The Bertz CT molecular complexity index is 467. The zero-order valence-corrected chi connectivity index (χ0v) is 9.85. The lowest BCUT2D eigenvalue weighted by Gasteiger charge is -1.98. The number of rotatable bonds is 5. The van der Waals surface area contributed by atoms with Crippen molar-refractivity contribution >= 4 is 28.6 Å². The lowest BCUT2D eigenvalue weighted by atomic mass is 10.4. The molecule has 84 valence electrons. The molecule has 2 heterocycles. The molecule has 2 rings (SSSR count). The van der Waals surface area contributed by atoms with Gasteiger partial charge in [0.2, 0.25) is 5.01 Å². The van der Waals surface area contributed by atoms with Gasteiger partial charge < -0.3 is 10.4 Å². The Hall–Kier alpha value is -1.31. The second-order valence-corrected chi connectivity index (χ2v) is 4.85. The lowest BCUT2D eigenvalue weighted by molar-refractivity contribution is 0.0696. The van der Waals surface area contributed by atoms with Crippen LogP contribution in [0.15, 0.2) is 17.1 Å². The van der Waals surface area contributed by atoms with Gasteiger partial charge in [-0.05, 0) is 0 Å². The zero-order chi connectivity index (χ0) is 11.4. The Morgan fingerprint density at radius 1 is 1.44 bits per heavy atom. The highest BCUT2D eigenvalue weighted by Gasteiger charge is 2.08. The van der Waals surface area contributed by atoms with Gasteiger partial charge in [0.05, 0.1) is 11.2 Å². The van der Waals surface area contributed by atoms with Gasteiger partial charge in [0.1, 0.15) is 0 Å². The molecular formula is C9H9N3O2S2. The number of carbonyl (C=O) groups is 1. The van der Waals surface area contributed by atoms with E-state index in [4.69, 9.17) is 5.11 Å². The van der Waals surface area contributed by atoms with Crippen LogP contribution in [0.3, 0.4) is 0 Å².